The van der Waals surface area contributed by atoms with Gasteiger partial charge in [0.25, 0.3) is 5.89 Å². The van der Waals surface area contributed by atoms with Gasteiger partial charge in [0, 0.05) is 13.1 Å². The normalized spacial score (nSPS) is 16.3. The van der Waals surface area contributed by atoms with Crippen LogP contribution in [0.15, 0.2) is 10.7 Å². The molecule has 0 atom stereocenters. The summed E-state index contributed by atoms with van der Waals surface area (Å²) in [6, 6.07) is 0. The van der Waals surface area contributed by atoms with Crippen LogP contribution in [0.5, 0.6) is 0 Å². The molecule has 2 heterocycles. The van der Waals surface area contributed by atoms with Crippen LogP contribution in [0.2, 0.25) is 0 Å². The van der Waals surface area contributed by atoms with Gasteiger partial charge in [0.15, 0.2) is 0 Å². The molecule has 1 fully saturated rings. The highest BCUT2D eigenvalue weighted by Gasteiger charge is 2.23. The van der Waals surface area contributed by atoms with E-state index in [-0.39, 0.29) is 11.8 Å². The highest BCUT2D eigenvalue weighted by molar-refractivity contribution is 5.89. The van der Waals surface area contributed by atoms with Crippen LogP contribution in [0.3, 0.4) is 0 Å². The first kappa shape index (κ1) is 10.2. The standard InChI is InChI=1S/C11H16N2O2/c1-8(2)9-7-15-10(12-9)11(14)13-5-3-4-6-13/h7-8H,3-6H2,1-2H3. The molecule has 1 aliphatic heterocycles. The third-order valence-electron chi connectivity index (χ3n) is 2.69. The first-order valence-electron chi connectivity index (χ1n) is 5.43. The van der Waals surface area contributed by atoms with Crippen molar-refractivity contribution in [2.24, 2.45) is 0 Å². The number of oxazole rings is 1. The summed E-state index contributed by atoms with van der Waals surface area (Å²) in [5, 5.41) is 0. The van der Waals surface area contributed by atoms with Gasteiger partial charge in [0.2, 0.25) is 0 Å². The van der Waals surface area contributed by atoms with Crippen molar-refractivity contribution in [2.75, 3.05) is 13.1 Å². The van der Waals surface area contributed by atoms with E-state index in [0.717, 1.165) is 31.6 Å². The van der Waals surface area contributed by atoms with E-state index in [1.165, 1.54) is 0 Å². The quantitative estimate of drug-likeness (QED) is 0.747. The smallest absolute Gasteiger partial charge is 0.309 e. The van der Waals surface area contributed by atoms with Crippen LogP contribution in [0, 0.1) is 0 Å². The average Bonchev–Trinajstić information content (AvgIpc) is 2.88. The number of hydrogen-bond donors (Lipinski definition) is 0. The zero-order valence-electron chi connectivity index (χ0n) is 9.19. The zero-order chi connectivity index (χ0) is 10.8. The summed E-state index contributed by atoms with van der Waals surface area (Å²) in [4.78, 5) is 17.9. The molecule has 0 spiro atoms. The van der Waals surface area contributed by atoms with Gasteiger partial charge in [-0.05, 0) is 18.8 Å². The van der Waals surface area contributed by atoms with Crippen molar-refractivity contribution in [3.05, 3.63) is 17.8 Å². The van der Waals surface area contributed by atoms with E-state index in [2.05, 4.69) is 4.98 Å². The lowest BCUT2D eigenvalue weighted by molar-refractivity contribution is 0.0753. The maximum Gasteiger partial charge on any atom is 0.309 e. The lowest BCUT2D eigenvalue weighted by atomic mass is 10.2. The fraction of sp³-hybridized carbons (Fsp3) is 0.636. The van der Waals surface area contributed by atoms with Crippen LogP contribution >= 0.6 is 0 Å². The minimum atomic E-state index is -0.0700. The van der Waals surface area contributed by atoms with E-state index in [4.69, 9.17) is 4.42 Å². The molecule has 0 unspecified atom stereocenters. The van der Waals surface area contributed by atoms with E-state index < -0.39 is 0 Å². The second kappa shape index (κ2) is 4.04. The number of carbonyl (C=O) groups excluding carboxylic acids is 1. The second-order valence-electron chi connectivity index (χ2n) is 4.23. The van der Waals surface area contributed by atoms with E-state index >= 15 is 0 Å². The van der Waals surface area contributed by atoms with Gasteiger partial charge in [-0.2, -0.15) is 0 Å². The summed E-state index contributed by atoms with van der Waals surface area (Å²) in [5.74, 6) is 0.467. The Morgan fingerprint density at radius 1 is 1.47 bits per heavy atom. The molecule has 82 valence electrons. The van der Waals surface area contributed by atoms with E-state index in [9.17, 15) is 4.79 Å². The molecule has 0 bridgehead atoms. The summed E-state index contributed by atoms with van der Waals surface area (Å²) in [6.07, 6.45) is 3.75. The molecule has 2 rings (SSSR count). The van der Waals surface area contributed by atoms with Crippen molar-refractivity contribution in [1.82, 2.24) is 9.88 Å². The highest BCUT2D eigenvalue weighted by Crippen LogP contribution is 2.16. The minimum Gasteiger partial charge on any atom is -0.441 e. The molecule has 0 saturated carbocycles. The Kier molecular flexibility index (Phi) is 2.75. The molecular formula is C11H16N2O2. The third kappa shape index (κ3) is 2.03. The monoisotopic (exact) mass is 208 g/mol. The lowest BCUT2D eigenvalue weighted by Gasteiger charge is -2.11. The van der Waals surface area contributed by atoms with Crippen LogP contribution in [-0.4, -0.2) is 28.9 Å². The van der Waals surface area contributed by atoms with Crippen molar-refractivity contribution in [3.63, 3.8) is 0 Å². The maximum absolute atomic E-state index is 11.9. The topological polar surface area (TPSA) is 46.3 Å². The molecule has 0 aliphatic carbocycles. The molecule has 4 nitrogen and oxygen atoms in total. The van der Waals surface area contributed by atoms with Crippen LogP contribution < -0.4 is 0 Å². The molecule has 1 aliphatic rings. The van der Waals surface area contributed by atoms with Crippen molar-refractivity contribution in [3.8, 4) is 0 Å². The average molecular weight is 208 g/mol. The summed E-state index contributed by atoms with van der Waals surface area (Å²) in [7, 11) is 0. The maximum atomic E-state index is 11.9. The number of likely N-dealkylation sites (tertiary alicyclic amines) is 1. The van der Waals surface area contributed by atoms with Gasteiger partial charge in [-0.15, -0.1) is 0 Å². The SMILES string of the molecule is CC(C)c1coc(C(=O)N2CCCC2)n1. The van der Waals surface area contributed by atoms with Gasteiger partial charge in [-0.3, -0.25) is 4.79 Å². The van der Waals surface area contributed by atoms with Crippen LogP contribution in [0.25, 0.3) is 0 Å². The molecule has 4 heteroatoms. The molecule has 15 heavy (non-hydrogen) atoms. The number of hydrogen-bond acceptors (Lipinski definition) is 3. The van der Waals surface area contributed by atoms with E-state index in [1.807, 2.05) is 13.8 Å². The van der Waals surface area contributed by atoms with Crippen LogP contribution in [0.1, 0.15) is 49.0 Å². The summed E-state index contributed by atoms with van der Waals surface area (Å²) in [6.45, 7) is 5.72. The van der Waals surface area contributed by atoms with Gasteiger partial charge < -0.3 is 9.32 Å². The number of carbonyl (C=O) groups is 1. The predicted molar refractivity (Wildman–Crippen MR) is 55.7 cm³/mol. The molecule has 0 radical (unpaired) electrons. The minimum absolute atomic E-state index is 0.0700. The zero-order valence-corrected chi connectivity index (χ0v) is 9.19. The van der Waals surface area contributed by atoms with Crippen molar-refractivity contribution >= 4 is 5.91 Å². The first-order valence-corrected chi connectivity index (χ1v) is 5.43. The number of aromatic nitrogens is 1. The van der Waals surface area contributed by atoms with Gasteiger partial charge in [0.05, 0.1) is 5.69 Å². The van der Waals surface area contributed by atoms with Crippen LogP contribution in [0.4, 0.5) is 0 Å². The summed E-state index contributed by atoms with van der Waals surface area (Å²) < 4.78 is 5.20. The number of amides is 1. The lowest BCUT2D eigenvalue weighted by Crippen LogP contribution is -2.27. The summed E-state index contributed by atoms with van der Waals surface area (Å²) >= 11 is 0. The van der Waals surface area contributed by atoms with Gasteiger partial charge in [-0.1, -0.05) is 13.8 Å². The van der Waals surface area contributed by atoms with Crippen LogP contribution in [-0.2, 0) is 0 Å². The molecule has 1 aromatic heterocycles. The third-order valence-corrected chi connectivity index (χ3v) is 2.69. The Labute approximate surface area is 89.3 Å². The first-order chi connectivity index (χ1) is 7.18. The second-order valence-corrected chi connectivity index (χ2v) is 4.23. The van der Waals surface area contributed by atoms with Crippen molar-refractivity contribution in [2.45, 2.75) is 32.6 Å². The number of nitrogens with zero attached hydrogens (tertiary/aromatic N) is 2. The predicted octanol–water partition coefficient (Wildman–Crippen LogP) is 2.03. The molecule has 0 N–H and O–H groups in total. The van der Waals surface area contributed by atoms with Gasteiger partial charge in [-0.25, -0.2) is 4.98 Å². The fourth-order valence-corrected chi connectivity index (χ4v) is 1.71. The Balaban J connectivity index is 2.11. The molecule has 1 amide bonds. The fourth-order valence-electron chi connectivity index (χ4n) is 1.71. The van der Waals surface area contributed by atoms with Crippen molar-refractivity contribution in [1.29, 1.82) is 0 Å². The van der Waals surface area contributed by atoms with Gasteiger partial charge >= 0.3 is 5.91 Å². The van der Waals surface area contributed by atoms with Gasteiger partial charge in [0.1, 0.15) is 6.26 Å². The Bertz CT molecular complexity index is 351. The number of rotatable bonds is 2. The van der Waals surface area contributed by atoms with E-state index in [1.54, 1.807) is 11.2 Å². The molecule has 0 aromatic carbocycles. The van der Waals surface area contributed by atoms with Crippen molar-refractivity contribution < 1.29 is 9.21 Å². The largest absolute Gasteiger partial charge is 0.441 e. The Hall–Kier alpha value is -1.32. The Morgan fingerprint density at radius 3 is 2.67 bits per heavy atom. The Morgan fingerprint density at radius 2 is 2.13 bits per heavy atom. The molecular weight excluding hydrogens is 192 g/mol. The molecule has 1 aromatic rings. The molecule has 1 saturated heterocycles. The summed E-state index contributed by atoms with van der Waals surface area (Å²) in [5.41, 5.74) is 0.845. The highest BCUT2D eigenvalue weighted by atomic mass is 16.4. The van der Waals surface area contributed by atoms with E-state index in [0.29, 0.717) is 5.92 Å².